The molecule has 1 atom stereocenters. The van der Waals surface area contributed by atoms with Crippen LogP contribution in [0.25, 0.3) is 0 Å². The van der Waals surface area contributed by atoms with Gasteiger partial charge in [0.15, 0.2) is 0 Å². The molecule has 2 aliphatic rings. The lowest BCUT2D eigenvalue weighted by molar-refractivity contribution is -0.119. The van der Waals surface area contributed by atoms with Crippen molar-refractivity contribution in [3.8, 4) is 6.07 Å². The third-order valence-electron chi connectivity index (χ3n) is 4.67. The monoisotopic (exact) mass is 305 g/mol. The lowest BCUT2D eigenvalue weighted by Crippen LogP contribution is -2.50. The second-order valence-corrected chi connectivity index (χ2v) is 6.55. The Labute approximate surface area is 132 Å². The van der Waals surface area contributed by atoms with E-state index >= 15 is 0 Å². The van der Waals surface area contributed by atoms with Crippen LogP contribution in [0.15, 0.2) is 0 Å². The van der Waals surface area contributed by atoms with E-state index in [1.807, 2.05) is 4.90 Å². The molecule has 1 saturated heterocycles. The summed E-state index contributed by atoms with van der Waals surface area (Å²) in [7, 11) is 0. The molecule has 0 aromatic rings. The van der Waals surface area contributed by atoms with Gasteiger partial charge in [-0.2, -0.15) is 5.26 Å². The first kappa shape index (κ1) is 16.8. The SMILES string of the molecule is N#CC1(NC(=O)[CH]CC2CCCCC2)CCN(CC(N)=O)C1. The molecule has 6 nitrogen and oxygen atoms in total. The first-order valence-electron chi connectivity index (χ1n) is 8.10. The molecule has 22 heavy (non-hydrogen) atoms. The van der Waals surface area contributed by atoms with Crippen molar-refractivity contribution in [2.75, 3.05) is 19.6 Å². The number of nitrogens with two attached hydrogens (primary N) is 1. The van der Waals surface area contributed by atoms with Gasteiger partial charge in [0.05, 0.1) is 12.6 Å². The number of amides is 2. The van der Waals surface area contributed by atoms with E-state index in [9.17, 15) is 14.9 Å². The van der Waals surface area contributed by atoms with Crippen LogP contribution in [0, 0.1) is 23.7 Å². The molecule has 2 rings (SSSR count). The Balaban J connectivity index is 1.78. The van der Waals surface area contributed by atoms with Crippen LogP contribution in [0.4, 0.5) is 0 Å². The number of likely N-dealkylation sites (tertiary alicyclic amines) is 1. The molecule has 0 aromatic heterocycles. The molecular formula is C16H25N4O2. The normalized spacial score (nSPS) is 26.5. The van der Waals surface area contributed by atoms with E-state index in [2.05, 4.69) is 11.4 Å². The number of nitriles is 1. The molecule has 1 unspecified atom stereocenters. The molecule has 2 amide bonds. The fraction of sp³-hybridized carbons (Fsp3) is 0.750. The number of primary amides is 1. The van der Waals surface area contributed by atoms with Gasteiger partial charge in [-0.05, 0) is 18.8 Å². The van der Waals surface area contributed by atoms with Gasteiger partial charge in [0.25, 0.3) is 0 Å². The highest BCUT2D eigenvalue weighted by atomic mass is 16.2. The molecule has 1 radical (unpaired) electrons. The van der Waals surface area contributed by atoms with E-state index in [1.54, 1.807) is 6.42 Å². The van der Waals surface area contributed by atoms with Crippen LogP contribution < -0.4 is 11.1 Å². The Kier molecular flexibility index (Phi) is 5.78. The van der Waals surface area contributed by atoms with Crippen LogP contribution >= 0.6 is 0 Å². The summed E-state index contributed by atoms with van der Waals surface area (Å²) in [6.07, 6.45) is 9.20. The van der Waals surface area contributed by atoms with E-state index in [0.717, 1.165) is 6.42 Å². The smallest absolute Gasteiger partial charge is 0.231 e. The lowest BCUT2D eigenvalue weighted by atomic mass is 9.86. The molecule has 6 heteroatoms. The maximum absolute atomic E-state index is 12.1. The van der Waals surface area contributed by atoms with Crippen molar-refractivity contribution in [1.82, 2.24) is 10.2 Å². The maximum atomic E-state index is 12.1. The van der Waals surface area contributed by atoms with Gasteiger partial charge in [0.2, 0.25) is 11.8 Å². The third kappa shape index (κ3) is 4.70. The lowest BCUT2D eigenvalue weighted by Gasteiger charge is -2.24. The minimum absolute atomic E-state index is 0.130. The number of hydrogen-bond donors (Lipinski definition) is 2. The fourth-order valence-corrected chi connectivity index (χ4v) is 3.45. The molecular weight excluding hydrogens is 280 g/mol. The van der Waals surface area contributed by atoms with Gasteiger partial charge in [0.1, 0.15) is 5.54 Å². The van der Waals surface area contributed by atoms with Gasteiger partial charge < -0.3 is 11.1 Å². The van der Waals surface area contributed by atoms with Gasteiger partial charge in [-0.15, -0.1) is 0 Å². The number of rotatable bonds is 6. The molecule has 1 aliphatic carbocycles. The standard InChI is InChI=1S/C16H25N4O2/c17-11-16(8-9-20(12-16)10-14(18)21)19-15(22)7-6-13-4-2-1-3-5-13/h7,13H,1-6,8-10,12H2,(H2,18,21)(H,19,22). The highest BCUT2D eigenvalue weighted by Gasteiger charge is 2.40. The molecule has 2 fully saturated rings. The Morgan fingerprint density at radius 1 is 1.36 bits per heavy atom. The zero-order valence-electron chi connectivity index (χ0n) is 13.0. The van der Waals surface area contributed by atoms with Gasteiger partial charge in [0, 0.05) is 19.5 Å². The van der Waals surface area contributed by atoms with E-state index in [4.69, 9.17) is 5.73 Å². The van der Waals surface area contributed by atoms with Crippen molar-refractivity contribution in [2.45, 2.75) is 50.5 Å². The quantitative estimate of drug-likeness (QED) is 0.755. The predicted octanol–water partition coefficient (Wildman–Crippen LogP) is 0.731. The number of carbonyl (C=O) groups excluding carboxylic acids is 2. The van der Waals surface area contributed by atoms with Crippen molar-refractivity contribution in [2.24, 2.45) is 11.7 Å². The summed E-state index contributed by atoms with van der Waals surface area (Å²) in [5, 5.41) is 12.2. The number of nitrogens with zero attached hydrogens (tertiary/aromatic N) is 2. The van der Waals surface area contributed by atoms with Crippen molar-refractivity contribution in [1.29, 1.82) is 5.26 Å². The Bertz CT molecular complexity index is 454. The van der Waals surface area contributed by atoms with Crippen molar-refractivity contribution >= 4 is 11.8 Å². The number of nitrogens with one attached hydrogen (secondary N) is 1. The summed E-state index contributed by atoms with van der Waals surface area (Å²) in [6.45, 7) is 1.08. The van der Waals surface area contributed by atoms with E-state index in [0.29, 0.717) is 25.4 Å². The van der Waals surface area contributed by atoms with E-state index in [-0.39, 0.29) is 12.5 Å². The molecule has 1 heterocycles. The second-order valence-electron chi connectivity index (χ2n) is 6.55. The highest BCUT2D eigenvalue weighted by molar-refractivity contribution is 5.85. The van der Waals surface area contributed by atoms with Crippen molar-refractivity contribution < 1.29 is 9.59 Å². The Morgan fingerprint density at radius 3 is 2.73 bits per heavy atom. The molecule has 0 spiro atoms. The molecule has 1 aliphatic heterocycles. The number of carbonyl (C=O) groups is 2. The van der Waals surface area contributed by atoms with Crippen LogP contribution in [-0.2, 0) is 9.59 Å². The minimum atomic E-state index is -0.893. The molecule has 121 valence electrons. The van der Waals surface area contributed by atoms with E-state index in [1.165, 1.54) is 32.1 Å². The maximum Gasteiger partial charge on any atom is 0.231 e. The van der Waals surface area contributed by atoms with Crippen LogP contribution in [0.3, 0.4) is 0 Å². The average Bonchev–Trinajstić information content (AvgIpc) is 2.89. The first-order valence-corrected chi connectivity index (χ1v) is 8.10. The molecule has 0 aromatic carbocycles. The topological polar surface area (TPSA) is 99.2 Å². The third-order valence-corrected chi connectivity index (χ3v) is 4.67. The summed E-state index contributed by atoms with van der Waals surface area (Å²) in [5.74, 6) is 0.0180. The first-order chi connectivity index (χ1) is 10.5. The van der Waals surface area contributed by atoms with Crippen molar-refractivity contribution in [3.05, 3.63) is 6.42 Å². The average molecular weight is 305 g/mol. The molecule has 3 N–H and O–H groups in total. The summed E-state index contributed by atoms with van der Waals surface area (Å²) in [6, 6.07) is 2.20. The minimum Gasteiger partial charge on any atom is -0.369 e. The Hall–Kier alpha value is -1.61. The van der Waals surface area contributed by atoms with Crippen LogP contribution in [-0.4, -0.2) is 41.9 Å². The van der Waals surface area contributed by atoms with Crippen LogP contribution in [0.5, 0.6) is 0 Å². The molecule has 1 saturated carbocycles. The van der Waals surface area contributed by atoms with Gasteiger partial charge >= 0.3 is 0 Å². The zero-order chi connectivity index (χ0) is 16.0. The van der Waals surface area contributed by atoms with Gasteiger partial charge in [-0.25, -0.2) is 0 Å². The summed E-state index contributed by atoms with van der Waals surface area (Å²) >= 11 is 0. The fourth-order valence-electron chi connectivity index (χ4n) is 3.45. The summed E-state index contributed by atoms with van der Waals surface area (Å²) in [4.78, 5) is 24.9. The predicted molar refractivity (Wildman–Crippen MR) is 82.2 cm³/mol. The van der Waals surface area contributed by atoms with Gasteiger partial charge in [-0.3, -0.25) is 14.5 Å². The second kappa shape index (κ2) is 7.59. The highest BCUT2D eigenvalue weighted by Crippen LogP contribution is 2.27. The number of hydrogen-bond acceptors (Lipinski definition) is 4. The van der Waals surface area contributed by atoms with Crippen LogP contribution in [0.2, 0.25) is 0 Å². The summed E-state index contributed by atoms with van der Waals surface area (Å²) in [5.41, 5.74) is 4.28. The van der Waals surface area contributed by atoms with E-state index < -0.39 is 11.4 Å². The molecule has 0 bridgehead atoms. The summed E-state index contributed by atoms with van der Waals surface area (Å²) < 4.78 is 0. The largest absolute Gasteiger partial charge is 0.369 e. The Morgan fingerprint density at radius 2 is 2.09 bits per heavy atom. The zero-order valence-corrected chi connectivity index (χ0v) is 13.0. The van der Waals surface area contributed by atoms with Crippen molar-refractivity contribution in [3.63, 3.8) is 0 Å². The van der Waals surface area contributed by atoms with Gasteiger partial charge in [-0.1, -0.05) is 32.1 Å². The van der Waals surface area contributed by atoms with Crippen LogP contribution in [0.1, 0.15) is 44.9 Å².